The first-order chi connectivity index (χ1) is 11.2. The number of thioether (sulfide) groups is 1. The predicted octanol–water partition coefficient (Wildman–Crippen LogP) is 3.39. The van der Waals surface area contributed by atoms with Crippen LogP contribution >= 0.6 is 11.8 Å². The quantitative estimate of drug-likeness (QED) is 0.873. The fraction of sp³-hybridized carbons (Fsp3) is 0.529. The summed E-state index contributed by atoms with van der Waals surface area (Å²) in [5.74, 6) is 0.195. The SMILES string of the molecule is C[C@@H](NC(=O)OC(C)(C)C)C(=O)NC1CCSc2ccc(F)cc21. The number of benzene rings is 1. The van der Waals surface area contributed by atoms with E-state index in [9.17, 15) is 14.0 Å². The Labute approximate surface area is 145 Å². The van der Waals surface area contributed by atoms with Gasteiger partial charge in [-0.1, -0.05) is 0 Å². The molecule has 24 heavy (non-hydrogen) atoms. The summed E-state index contributed by atoms with van der Waals surface area (Å²) >= 11 is 1.65. The van der Waals surface area contributed by atoms with Crippen molar-refractivity contribution in [3.05, 3.63) is 29.6 Å². The molecule has 1 aromatic carbocycles. The van der Waals surface area contributed by atoms with Gasteiger partial charge >= 0.3 is 6.09 Å². The maximum atomic E-state index is 13.5. The number of nitrogens with one attached hydrogen (secondary N) is 2. The molecule has 1 aliphatic heterocycles. The monoisotopic (exact) mass is 354 g/mol. The molecule has 0 radical (unpaired) electrons. The summed E-state index contributed by atoms with van der Waals surface area (Å²) in [5.41, 5.74) is 0.154. The average molecular weight is 354 g/mol. The molecule has 7 heteroatoms. The zero-order valence-corrected chi connectivity index (χ0v) is 15.1. The highest BCUT2D eigenvalue weighted by atomic mass is 32.2. The van der Waals surface area contributed by atoms with Gasteiger partial charge in [0.05, 0.1) is 6.04 Å². The third kappa shape index (κ3) is 5.12. The van der Waals surface area contributed by atoms with Gasteiger partial charge in [0.2, 0.25) is 5.91 Å². The molecule has 1 unspecified atom stereocenters. The van der Waals surface area contributed by atoms with Crippen LogP contribution in [0.5, 0.6) is 0 Å². The van der Waals surface area contributed by atoms with E-state index in [1.807, 2.05) is 0 Å². The van der Waals surface area contributed by atoms with Gasteiger partial charge in [-0.15, -0.1) is 11.8 Å². The maximum Gasteiger partial charge on any atom is 0.408 e. The van der Waals surface area contributed by atoms with E-state index >= 15 is 0 Å². The second-order valence-corrected chi connectivity index (χ2v) is 7.89. The van der Waals surface area contributed by atoms with Crippen molar-refractivity contribution in [3.8, 4) is 0 Å². The molecule has 1 aliphatic rings. The molecule has 132 valence electrons. The van der Waals surface area contributed by atoms with Crippen LogP contribution in [0.2, 0.25) is 0 Å². The van der Waals surface area contributed by atoms with Crippen molar-refractivity contribution in [2.24, 2.45) is 0 Å². The number of halogens is 1. The number of fused-ring (bicyclic) bond motifs is 1. The van der Waals surface area contributed by atoms with E-state index in [0.717, 1.165) is 16.2 Å². The average Bonchev–Trinajstić information content (AvgIpc) is 2.45. The van der Waals surface area contributed by atoms with Crippen LogP contribution in [0, 0.1) is 5.82 Å². The topological polar surface area (TPSA) is 67.4 Å². The molecule has 2 rings (SSSR count). The highest BCUT2D eigenvalue weighted by Gasteiger charge is 2.26. The zero-order chi connectivity index (χ0) is 17.9. The van der Waals surface area contributed by atoms with Crippen molar-refractivity contribution < 1.29 is 18.7 Å². The molecule has 0 fully saturated rings. The molecular formula is C17H23FN2O3S. The molecule has 0 aromatic heterocycles. The van der Waals surface area contributed by atoms with Crippen LogP contribution in [0.15, 0.2) is 23.1 Å². The molecule has 1 heterocycles. The summed E-state index contributed by atoms with van der Waals surface area (Å²) in [7, 11) is 0. The highest BCUT2D eigenvalue weighted by molar-refractivity contribution is 7.99. The van der Waals surface area contributed by atoms with Gasteiger partial charge in [-0.05, 0) is 57.9 Å². The summed E-state index contributed by atoms with van der Waals surface area (Å²) in [6.45, 7) is 6.84. The van der Waals surface area contributed by atoms with Gasteiger partial charge in [-0.25, -0.2) is 9.18 Å². The van der Waals surface area contributed by atoms with E-state index in [4.69, 9.17) is 4.74 Å². The Hall–Kier alpha value is -1.76. The molecule has 0 spiro atoms. The van der Waals surface area contributed by atoms with Gasteiger partial charge in [0.15, 0.2) is 0 Å². The van der Waals surface area contributed by atoms with E-state index in [0.29, 0.717) is 6.42 Å². The lowest BCUT2D eigenvalue weighted by atomic mass is 10.0. The van der Waals surface area contributed by atoms with Gasteiger partial charge in [0.25, 0.3) is 0 Å². The van der Waals surface area contributed by atoms with Crippen molar-refractivity contribution in [2.45, 2.75) is 56.7 Å². The lowest BCUT2D eigenvalue weighted by Crippen LogP contribution is -2.47. The summed E-state index contributed by atoms with van der Waals surface area (Å²) in [6, 6.07) is 3.61. The van der Waals surface area contributed by atoms with Crippen LogP contribution in [-0.4, -0.2) is 29.4 Å². The second-order valence-electron chi connectivity index (χ2n) is 6.75. The fourth-order valence-electron chi connectivity index (χ4n) is 2.36. The molecule has 0 bridgehead atoms. The smallest absolute Gasteiger partial charge is 0.408 e. The summed E-state index contributed by atoms with van der Waals surface area (Å²) < 4.78 is 18.6. The molecule has 2 N–H and O–H groups in total. The van der Waals surface area contributed by atoms with Gasteiger partial charge in [0.1, 0.15) is 17.5 Å². The Morgan fingerprint density at radius 2 is 2.08 bits per heavy atom. The number of ether oxygens (including phenoxy) is 1. The summed E-state index contributed by atoms with van der Waals surface area (Å²) in [4.78, 5) is 25.0. The van der Waals surface area contributed by atoms with Crippen molar-refractivity contribution in [1.82, 2.24) is 10.6 Å². The first-order valence-corrected chi connectivity index (χ1v) is 8.86. The highest BCUT2D eigenvalue weighted by Crippen LogP contribution is 2.36. The van der Waals surface area contributed by atoms with Crippen molar-refractivity contribution in [2.75, 3.05) is 5.75 Å². The van der Waals surface area contributed by atoms with Crippen molar-refractivity contribution in [3.63, 3.8) is 0 Å². The number of carbonyl (C=O) groups is 2. The largest absolute Gasteiger partial charge is 0.444 e. The molecule has 0 aliphatic carbocycles. The molecule has 0 saturated carbocycles. The zero-order valence-electron chi connectivity index (χ0n) is 14.3. The second kappa shape index (κ2) is 7.42. The lowest BCUT2D eigenvalue weighted by molar-refractivity contribution is -0.123. The Morgan fingerprint density at radius 3 is 2.75 bits per heavy atom. The van der Waals surface area contributed by atoms with E-state index in [-0.39, 0.29) is 17.8 Å². The Balaban J connectivity index is 1.98. The maximum absolute atomic E-state index is 13.5. The lowest BCUT2D eigenvalue weighted by Gasteiger charge is -2.27. The van der Waals surface area contributed by atoms with Gasteiger partial charge < -0.3 is 15.4 Å². The number of carbonyl (C=O) groups excluding carboxylic acids is 2. The van der Waals surface area contributed by atoms with Crippen LogP contribution in [0.3, 0.4) is 0 Å². The Bertz CT molecular complexity index is 631. The molecule has 1 aromatic rings. The van der Waals surface area contributed by atoms with Crippen LogP contribution in [-0.2, 0) is 9.53 Å². The van der Waals surface area contributed by atoms with E-state index in [1.54, 1.807) is 45.5 Å². The number of amides is 2. The van der Waals surface area contributed by atoms with Crippen LogP contribution in [0.25, 0.3) is 0 Å². The minimum absolute atomic E-state index is 0.257. The van der Waals surface area contributed by atoms with Gasteiger partial charge in [0, 0.05) is 10.6 Å². The summed E-state index contributed by atoms with van der Waals surface area (Å²) in [6.07, 6.45) is 0.0715. The minimum atomic E-state index is -0.744. The third-order valence-electron chi connectivity index (χ3n) is 3.45. The van der Waals surface area contributed by atoms with Crippen LogP contribution in [0.4, 0.5) is 9.18 Å². The molecule has 2 atom stereocenters. The number of hydrogen-bond acceptors (Lipinski definition) is 4. The van der Waals surface area contributed by atoms with Crippen LogP contribution < -0.4 is 10.6 Å². The van der Waals surface area contributed by atoms with E-state index in [1.165, 1.54) is 12.1 Å². The number of rotatable bonds is 3. The van der Waals surface area contributed by atoms with Gasteiger partial charge in [-0.3, -0.25) is 4.79 Å². The van der Waals surface area contributed by atoms with Crippen molar-refractivity contribution >= 4 is 23.8 Å². The number of alkyl carbamates (subject to hydrolysis) is 1. The molecule has 2 amide bonds. The summed E-state index contributed by atoms with van der Waals surface area (Å²) in [5, 5.41) is 5.39. The predicted molar refractivity (Wildman–Crippen MR) is 91.5 cm³/mol. The van der Waals surface area contributed by atoms with Gasteiger partial charge in [-0.2, -0.15) is 0 Å². The first kappa shape index (κ1) is 18.6. The third-order valence-corrected chi connectivity index (χ3v) is 4.58. The standard InChI is InChI=1S/C17H23FN2O3S/c1-10(19-16(22)23-17(2,3)4)15(21)20-13-7-8-24-14-6-5-11(18)9-12(13)14/h5-6,9-10,13H,7-8H2,1-4H3,(H,19,22)(H,20,21)/t10-,13?/m1/s1. The number of hydrogen-bond donors (Lipinski definition) is 2. The Morgan fingerprint density at radius 1 is 1.38 bits per heavy atom. The molecule has 5 nitrogen and oxygen atoms in total. The van der Waals surface area contributed by atoms with Crippen LogP contribution in [0.1, 0.15) is 45.7 Å². The van der Waals surface area contributed by atoms with E-state index < -0.39 is 17.7 Å². The fourth-order valence-corrected chi connectivity index (χ4v) is 3.47. The Kier molecular flexibility index (Phi) is 5.74. The van der Waals surface area contributed by atoms with E-state index in [2.05, 4.69) is 10.6 Å². The first-order valence-electron chi connectivity index (χ1n) is 7.88. The normalized spacial score (nSPS) is 18.3. The molecular weight excluding hydrogens is 331 g/mol. The van der Waals surface area contributed by atoms with Crippen molar-refractivity contribution in [1.29, 1.82) is 0 Å². The molecule has 0 saturated heterocycles. The minimum Gasteiger partial charge on any atom is -0.444 e.